The number of sulfonamides is 1. The maximum atomic E-state index is 11.7. The first-order valence-corrected chi connectivity index (χ1v) is 10.3. The monoisotopic (exact) mass is 367 g/mol. The number of rotatable bonds is 6. The van der Waals surface area contributed by atoms with Gasteiger partial charge in [-0.05, 0) is 37.0 Å². The Bertz CT molecular complexity index is 812. The number of thiazole rings is 1. The Hall–Kier alpha value is -1.48. The zero-order chi connectivity index (χ0) is 17.2. The standard InChI is InChI=1S/C16H21N3O3S2/c1-2-11-5-6-12(8-15(11)24(17,20)21)18-9-13-10-19-16(23-13)14-4-3-7-22-14/h5-6,8,10,14,18H,2-4,7,9H2,1H3,(H2,17,20,21). The van der Waals surface area contributed by atoms with Gasteiger partial charge in [-0.2, -0.15) is 0 Å². The lowest BCUT2D eigenvalue weighted by Crippen LogP contribution is -2.15. The summed E-state index contributed by atoms with van der Waals surface area (Å²) in [5, 5.41) is 9.55. The van der Waals surface area contributed by atoms with Gasteiger partial charge in [0, 0.05) is 23.4 Å². The number of hydrogen-bond donors (Lipinski definition) is 2. The minimum Gasteiger partial charge on any atom is -0.380 e. The highest BCUT2D eigenvalue weighted by molar-refractivity contribution is 7.89. The van der Waals surface area contributed by atoms with E-state index in [1.165, 1.54) is 0 Å². The van der Waals surface area contributed by atoms with Gasteiger partial charge < -0.3 is 10.1 Å². The third-order valence-electron chi connectivity index (χ3n) is 4.00. The smallest absolute Gasteiger partial charge is 0.238 e. The van der Waals surface area contributed by atoms with E-state index in [4.69, 9.17) is 9.88 Å². The minimum absolute atomic E-state index is 0.126. The number of nitrogens with two attached hydrogens (primary N) is 1. The fourth-order valence-electron chi connectivity index (χ4n) is 2.74. The molecule has 8 heteroatoms. The van der Waals surface area contributed by atoms with Crippen LogP contribution in [0.4, 0.5) is 5.69 Å². The molecule has 2 heterocycles. The molecule has 1 unspecified atom stereocenters. The van der Waals surface area contributed by atoms with Crippen LogP contribution in [-0.2, 0) is 27.7 Å². The Morgan fingerprint density at radius 2 is 2.29 bits per heavy atom. The van der Waals surface area contributed by atoms with Crippen LogP contribution in [0, 0.1) is 0 Å². The van der Waals surface area contributed by atoms with E-state index in [9.17, 15) is 8.42 Å². The molecule has 1 saturated heterocycles. The van der Waals surface area contributed by atoms with Crippen molar-refractivity contribution >= 4 is 27.0 Å². The molecule has 24 heavy (non-hydrogen) atoms. The van der Waals surface area contributed by atoms with E-state index in [2.05, 4.69) is 10.3 Å². The average Bonchev–Trinajstić information content (AvgIpc) is 3.23. The summed E-state index contributed by atoms with van der Waals surface area (Å²) in [6.07, 6.45) is 4.69. The lowest BCUT2D eigenvalue weighted by Gasteiger charge is -2.10. The van der Waals surface area contributed by atoms with Gasteiger partial charge in [-0.3, -0.25) is 0 Å². The van der Waals surface area contributed by atoms with Crippen molar-refractivity contribution in [3.05, 3.63) is 39.8 Å². The van der Waals surface area contributed by atoms with Gasteiger partial charge in [0.25, 0.3) is 0 Å². The van der Waals surface area contributed by atoms with Gasteiger partial charge in [-0.15, -0.1) is 11.3 Å². The average molecular weight is 367 g/mol. The summed E-state index contributed by atoms with van der Waals surface area (Å²) in [5.41, 5.74) is 1.45. The number of ether oxygens (including phenoxy) is 1. The largest absolute Gasteiger partial charge is 0.380 e. The van der Waals surface area contributed by atoms with Crippen molar-refractivity contribution in [2.45, 2.75) is 43.7 Å². The zero-order valence-electron chi connectivity index (χ0n) is 13.5. The summed E-state index contributed by atoms with van der Waals surface area (Å²) in [4.78, 5) is 5.69. The van der Waals surface area contributed by atoms with Gasteiger partial charge in [0.2, 0.25) is 10.0 Å². The summed E-state index contributed by atoms with van der Waals surface area (Å²) in [6, 6.07) is 5.26. The molecule has 2 aromatic rings. The first-order chi connectivity index (χ1) is 11.5. The molecule has 1 fully saturated rings. The number of primary sulfonamides is 1. The molecular formula is C16H21N3O3S2. The first kappa shape index (κ1) is 17.3. The van der Waals surface area contributed by atoms with E-state index < -0.39 is 10.0 Å². The molecule has 0 bridgehead atoms. The molecule has 1 aliphatic rings. The number of anilines is 1. The molecule has 0 spiro atoms. The van der Waals surface area contributed by atoms with E-state index in [1.807, 2.05) is 19.2 Å². The molecule has 1 aliphatic heterocycles. The Morgan fingerprint density at radius 3 is 2.96 bits per heavy atom. The van der Waals surface area contributed by atoms with Gasteiger partial charge in [0.1, 0.15) is 11.1 Å². The van der Waals surface area contributed by atoms with Crippen LogP contribution in [0.1, 0.15) is 41.3 Å². The predicted octanol–water partition coefficient (Wildman–Crippen LogP) is 2.82. The second-order valence-corrected chi connectivity index (χ2v) is 8.42. The van der Waals surface area contributed by atoms with Crippen LogP contribution in [-0.4, -0.2) is 20.0 Å². The second kappa shape index (κ2) is 7.18. The summed E-state index contributed by atoms with van der Waals surface area (Å²) in [7, 11) is -3.72. The molecule has 0 saturated carbocycles. The van der Waals surface area contributed by atoms with Gasteiger partial charge in [-0.25, -0.2) is 18.5 Å². The van der Waals surface area contributed by atoms with Crippen molar-refractivity contribution < 1.29 is 13.2 Å². The fraction of sp³-hybridized carbons (Fsp3) is 0.438. The lowest BCUT2D eigenvalue weighted by atomic mass is 10.1. The van der Waals surface area contributed by atoms with Crippen LogP contribution in [0.15, 0.2) is 29.3 Å². The molecule has 1 atom stereocenters. The number of nitrogens with zero attached hydrogens (tertiary/aromatic N) is 1. The Morgan fingerprint density at radius 1 is 1.46 bits per heavy atom. The number of aryl methyl sites for hydroxylation is 1. The van der Waals surface area contributed by atoms with Crippen molar-refractivity contribution in [3.63, 3.8) is 0 Å². The van der Waals surface area contributed by atoms with Crippen LogP contribution in [0.3, 0.4) is 0 Å². The predicted molar refractivity (Wildman–Crippen MR) is 94.6 cm³/mol. The maximum absolute atomic E-state index is 11.7. The van der Waals surface area contributed by atoms with Gasteiger partial charge in [0.05, 0.1) is 11.4 Å². The van der Waals surface area contributed by atoms with Crippen molar-refractivity contribution in [2.75, 3.05) is 11.9 Å². The highest BCUT2D eigenvalue weighted by Crippen LogP contribution is 2.31. The minimum atomic E-state index is -3.72. The number of nitrogens with one attached hydrogen (secondary N) is 1. The molecule has 3 rings (SSSR count). The second-order valence-electron chi connectivity index (χ2n) is 5.74. The molecule has 0 aliphatic carbocycles. The van der Waals surface area contributed by atoms with E-state index in [1.54, 1.807) is 23.5 Å². The third kappa shape index (κ3) is 3.94. The number of aromatic nitrogens is 1. The quantitative estimate of drug-likeness (QED) is 0.819. The fourth-order valence-corrected chi connectivity index (χ4v) is 4.55. The molecule has 0 radical (unpaired) electrons. The molecule has 3 N–H and O–H groups in total. The number of benzene rings is 1. The van der Waals surface area contributed by atoms with Gasteiger partial charge in [0.15, 0.2) is 0 Å². The number of hydrogen-bond acceptors (Lipinski definition) is 6. The van der Waals surface area contributed by atoms with Crippen molar-refractivity contribution in [1.29, 1.82) is 0 Å². The van der Waals surface area contributed by atoms with E-state index in [0.29, 0.717) is 13.0 Å². The Balaban J connectivity index is 1.70. The van der Waals surface area contributed by atoms with Crippen molar-refractivity contribution in [2.24, 2.45) is 5.14 Å². The van der Waals surface area contributed by atoms with Crippen LogP contribution in [0.5, 0.6) is 0 Å². The SMILES string of the molecule is CCc1ccc(NCc2cnc(C3CCCO3)s2)cc1S(N)(=O)=O. The Labute approximate surface area is 146 Å². The normalized spacial score (nSPS) is 18.0. The molecule has 130 valence electrons. The van der Waals surface area contributed by atoms with E-state index in [0.717, 1.165) is 40.6 Å². The Kier molecular flexibility index (Phi) is 5.19. The van der Waals surface area contributed by atoms with Crippen molar-refractivity contribution in [1.82, 2.24) is 4.98 Å². The molecular weight excluding hydrogens is 346 g/mol. The van der Waals surface area contributed by atoms with E-state index in [-0.39, 0.29) is 11.0 Å². The molecule has 1 aromatic heterocycles. The van der Waals surface area contributed by atoms with Crippen LogP contribution in [0.25, 0.3) is 0 Å². The van der Waals surface area contributed by atoms with Crippen LogP contribution < -0.4 is 10.5 Å². The summed E-state index contributed by atoms with van der Waals surface area (Å²) in [6.45, 7) is 3.29. The highest BCUT2D eigenvalue weighted by atomic mass is 32.2. The first-order valence-electron chi connectivity index (χ1n) is 7.93. The lowest BCUT2D eigenvalue weighted by molar-refractivity contribution is 0.111. The molecule has 0 amide bonds. The topological polar surface area (TPSA) is 94.3 Å². The van der Waals surface area contributed by atoms with Crippen LogP contribution in [0.2, 0.25) is 0 Å². The summed E-state index contributed by atoms with van der Waals surface area (Å²) < 4.78 is 29.1. The van der Waals surface area contributed by atoms with Gasteiger partial charge >= 0.3 is 0 Å². The molecule has 1 aromatic carbocycles. The van der Waals surface area contributed by atoms with Gasteiger partial charge in [-0.1, -0.05) is 13.0 Å². The van der Waals surface area contributed by atoms with Crippen LogP contribution >= 0.6 is 11.3 Å². The molecule has 6 nitrogen and oxygen atoms in total. The van der Waals surface area contributed by atoms with E-state index >= 15 is 0 Å². The van der Waals surface area contributed by atoms with Crippen molar-refractivity contribution in [3.8, 4) is 0 Å². The maximum Gasteiger partial charge on any atom is 0.238 e. The third-order valence-corrected chi connectivity index (χ3v) is 6.08. The highest BCUT2D eigenvalue weighted by Gasteiger charge is 2.21. The zero-order valence-corrected chi connectivity index (χ0v) is 15.1. The summed E-state index contributed by atoms with van der Waals surface area (Å²) >= 11 is 1.63. The summed E-state index contributed by atoms with van der Waals surface area (Å²) in [5.74, 6) is 0.